The lowest BCUT2D eigenvalue weighted by Gasteiger charge is -2.07. The Bertz CT molecular complexity index is 548. The lowest BCUT2D eigenvalue weighted by molar-refractivity contribution is -0.384. The molecule has 7 heteroatoms. The van der Waals surface area contributed by atoms with Crippen molar-refractivity contribution in [1.82, 2.24) is 5.32 Å². The van der Waals surface area contributed by atoms with Gasteiger partial charge in [-0.3, -0.25) is 14.9 Å². The van der Waals surface area contributed by atoms with Crippen LogP contribution >= 0.6 is 0 Å². The molecule has 98 valence electrons. The maximum atomic E-state index is 11.5. The molecule has 2 N–H and O–H groups in total. The highest BCUT2D eigenvalue weighted by atomic mass is 16.6. The second-order valence-electron chi connectivity index (χ2n) is 3.57. The van der Waals surface area contributed by atoms with Crippen LogP contribution in [0, 0.1) is 21.4 Å². The van der Waals surface area contributed by atoms with E-state index in [1.165, 1.54) is 12.1 Å². The summed E-state index contributed by atoms with van der Waals surface area (Å²) in [6.45, 7) is 4.04. The van der Waals surface area contributed by atoms with Crippen LogP contribution in [-0.4, -0.2) is 23.9 Å². The lowest BCUT2D eigenvalue weighted by Crippen LogP contribution is -2.28. The summed E-state index contributed by atoms with van der Waals surface area (Å²) in [4.78, 5) is 21.5. The standard InChI is InChI=1S/C12H12N4O3/c1-2-5-14-8-12(17)15-11-4-3-10(16(18)19)6-9(11)7-13/h2-4,6,14H,1,5,8H2,(H,15,17). The van der Waals surface area contributed by atoms with Crippen LogP contribution < -0.4 is 10.6 Å². The molecule has 0 heterocycles. The molecule has 0 unspecified atom stereocenters. The number of nitrogens with one attached hydrogen (secondary N) is 2. The van der Waals surface area contributed by atoms with Gasteiger partial charge in [0, 0.05) is 18.7 Å². The van der Waals surface area contributed by atoms with Gasteiger partial charge in [-0.05, 0) is 6.07 Å². The fourth-order valence-electron chi connectivity index (χ4n) is 1.33. The lowest BCUT2D eigenvalue weighted by atomic mass is 10.1. The molecule has 0 fully saturated rings. The van der Waals surface area contributed by atoms with Crippen molar-refractivity contribution in [3.05, 3.63) is 46.5 Å². The highest BCUT2D eigenvalue weighted by Gasteiger charge is 2.12. The fourth-order valence-corrected chi connectivity index (χ4v) is 1.33. The van der Waals surface area contributed by atoms with Crippen molar-refractivity contribution in [1.29, 1.82) is 5.26 Å². The highest BCUT2D eigenvalue weighted by Crippen LogP contribution is 2.21. The van der Waals surface area contributed by atoms with Crippen molar-refractivity contribution in [3.63, 3.8) is 0 Å². The number of nitro benzene ring substituents is 1. The average molecular weight is 260 g/mol. The molecular weight excluding hydrogens is 248 g/mol. The number of carbonyl (C=O) groups is 1. The minimum absolute atomic E-state index is 0.0475. The quantitative estimate of drug-likeness (QED) is 0.345. The fraction of sp³-hybridized carbons (Fsp3) is 0.167. The number of nitro groups is 1. The highest BCUT2D eigenvalue weighted by molar-refractivity contribution is 5.93. The van der Waals surface area contributed by atoms with Crippen molar-refractivity contribution >= 4 is 17.3 Å². The van der Waals surface area contributed by atoms with E-state index in [4.69, 9.17) is 5.26 Å². The van der Waals surface area contributed by atoms with E-state index in [0.717, 1.165) is 6.07 Å². The van der Waals surface area contributed by atoms with Gasteiger partial charge in [0.15, 0.2) is 0 Å². The van der Waals surface area contributed by atoms with Crippen molar-refractivity contribution in [2.75, 3.05) is 18.4 Å². The Balaban J connectivity index is 2.78. The van der Waals surface area contributed by atoms with Crippen LogP contribution in [0.25, 0.3) is 0 Å². The number of non-ortho nitro benzene ring substituents is 1. The zero-order valence-corrected chi connectivity index (χ0v) is 10.0. The first kappa shape index (κ1) is 14.3. The summed E-state index contributed by atoms with van der Waals surface area (Å²) in [5.41, 5.74) is 0.101. The molecular formula is C12H12N4O3. The van der Waals surface area contributed by atoms with E-state index in [1.54, 1.807) is 6.08 Å². The van der Waals surface area contributed by atoms with Crippen LogP contribution in [0.15, 0.2) is 30.9 Å². The molecule has 0 aromatic heterocycles. The van der Waals surface area contributed by atoms with Gasteiger partial charge >= 0.3 is 0 Å². The zero-order chi connectivity index (χ0) is 14.3. The maximum Gasteiger partial charge on any atom is 0.270 e. The minimum Gasteiger partial charge on any atom is -0.324 e. The molecule has 0 aliphatic heterocycles. The van der Waals surface area contributed by atoms with E-state index >= 15 is 0 Å². The Hall–Kier alpha value is -2.72. The van der Waals surface area contributed by atoms with Crippen LogP contribution in [0.5, 0.6) is 0 Å². The van der Waals surface area contributed by atoms with Crippen LogP contribution in [0.2, 0.25) is 0 Å². The van der Waals surface area contributed by atoms with E-state index in [9.17, 15) is 14.9 Å². The third kappa shape index (κ3) is 4.22. The van der Waals surface area contributed by atoms with Crippen LogP contribution in [0.1, 0.15) is 5.56 Å². The Kier molecular flexibility index (Phi) is 5.19. The Morgan fingerprint density at radius 1 is 1.58 bits per heavy atom. The summed E-state index contributed by atoms with van der Waals surface area (Å²) in [6, 6.07) is 5.49. The molecule has 0 bridgehead atoms. The number of rotatable bonds is 6. The van der Waals surface area contributed by atoms with Crippen molar-refractivity contribution in [2.24, 2.45) is 0 Å². The summed E-state index contributed by atoms with van der Waals surface area (Å²) in [5, 5.41) is 24.8. The maximum absolute atomic E-state index is 11.5. The van der Waals surface area contributed by atoms with Crippen molar-refractivity contribution in [2.45, 2.75) is 0 Å². The smallest absolute Gasteiger partial charge is 0.270 e. The molecule has 1 aromatic rings. The normalized spacial score (nSPS) is 9.42. The molecule has 0 spiro atoms. The van der Waals surface area contributed by atoms with Gasteiger partial charge in [0.2, 0.25) is 5.91 Å². The third-order valence-corrected chi connectivity index (χ3v) is 2.18. The van der Waals surface area contributed by atoms with E-state index in [2.05, 4.69) is 17.2 Å². The third-order valence-electron chi connectivity index (χ3n) is 2.18. The summed E-state index contributed by atoms with van der Waals surface area (Å²) in [6.07, 6.45) is 1.61. The van der Waals surface area contributed by atoms with Gasteiger partial charge in [-0.15, -0.1) is 6.58 Å². The topological polar surface area (TPSA) is 108 Å². The van der Waals surface area contributed by atoms with E-state index in [1.807, 2.05) is 6.07 Å². The molecule has 0 aliphatic carbocycles. The predicted octanol–water partition coefficient (Wildman–Crippen LogP) is 1.18. The zero-order valence-electron chi connectivity index (χ0n) is 10.0. The Morgan fingerprint density at radius 2 is 2.32 bits per heavy atom. The number of anilines is 1. The molecule has 0 radical (unpaired) electrons. The number of benzene rings is 1. The molecule has 0 saturated carbocycles. The Labute approximate surface area is 109 Å². The predicted molar refractivity (Wildman–Crippen MR) is 69.5 cm³/mol. The van der Waals surface area contributed by atoms with Gasteiger partial charge in [-0.2, -0.15) is 5.26 Å². The first-order valence-corrected chi connectivity index (χ1v) is 5.38. The molecule has 7 nitrogen and oxygen atoms in total. The largest absolute Gasteiger partial charge is 0.324 e. The molecule has 1 rings (SSSR count). The van der Waals surface area contributed by atoms with E-state index in [-0.39, 0.29) is 29.4 Å². The average Bonchev–Trinajstić information content (AvgIpc) is 2.39. The number of hydrogen-bond donors (Lipinski definition) is 2. The van der Waals surface area contributed by atoms with Crippen LogP contribution in [0.3, 0.4) is 0 Å². The van der Waals surface area contributed by atoms with Gasteiger partial charge in [-0.25, -0.2) is 0 Å². The van der Waals surface area contributed by atoms with Gasteiger partial charge in [0.1, 0.15) is 6.07 Å². The van der Waals surface area contributed by atoms with Gasteiger partial charge in [0.05, 0.1) is 22.7 Å². The van der Waals surface area contributed by atoms with Crippen molar-refractivity contribution < 1.29 is 9.72 Å². The number of amides is 1. The van der Waals surface area contributed by atoms with Gasteiger partial charge < -0.3 is 10.6 Å². The molecule has 0 saturated heterocycles. The summed E-state index contributed by atoms with van der Waals surface area (Å²) >= 11 is 0. The monoisotopic (exact) mass is 260 g/mol. The number of nitrogens with zero attached hydrogens (tertiary/aromatic N) is 2. The Morgan fingerprint density at radius 3 is 2.89 bits per heavy atom. The summed E-state index contributed by atoms with van der Waals surface area (Å²) < 4.78 is 0. The molecule has 0 atom stereocenters. The summed E-state index contributed by atoms with van der Waals surface area (Å²) in [7, 11) is 0. The summed E-state index contributed by atoms with van der Waals surface area (Å²) in [5.74, 6) is -0.341. The SMILES string of the molecule is C=CCNCC(=O)Nc1ccc([N+](=O)[O-])cc1C#N. The molecule has 0 aliphatic rings. The number of nitriles is 1. The first-order valence-electron chi connectivity index (χ1n) is 5.38. The number of carbonyl (C=O) groups excluding carboxylic acids is 1. The van der Waals surface area contributed by atoms with Gasteiger partial charge in [-0.1, -0.05) is 6.08 Å². The molecule has 1 aromatic carbocycles. The van der Waals surface area contributed by atoms with Crippen molar-refractivity contribution in [3.8, 4) is 6.07 Å². The molecule has 19 heavy (non-hydrogen) atoms. The van der Waals surface area contributed by atoms with Crippen LogP contribution in [0.4, 0.5) is 11.4 Å². The van der Waals surface area contributed by atoms with Crippen LogP contribution in [-0.2, 0) is 4.79 Å². The molecule has 1 amide bonds. The van der Waals surface area contributed by atoms with E-state index in [0.29, 0.717) is 6.54 Å². The number of hydrogen-bond acceptors (Lipinski definition) is 5. The second-order valence-corrected chi connectivity index (χ2v) is 3.57. The van der Waals surface area contributed by atoms with E-state index < -0.39 is 4.92 Å². The minimum atomic E-state index is -0.599. The first-order chi connectivity index (χ1) is 9.08. The van der Waals surface area contributed by atoms with Gasteiger partial charge in [0.25, 0.3) is 5.69 Å². The second kappa shape index (κ2) is 6.88.